The molecule has 3 saturated heterocycles. The highest BCUT2D eigenvalue weighted by atomic mass is 19.1. The molecule has 46 nitrogen and oxygen atoms in total. The number of rotatable bonds is 30. The Morgan fingerprint density at radius 1 is 0.561 bits per heavy atom. The number of carbonyl (C=O) groups is 21. The number of hydrogen-bond donors (Lipinski definition) is 19. The topological polar surface area (TPSA) is 692 Å². The lowest BCUT2D eigenvalue weighted by Crippen LogP contribution is -2.67. The summed E-state index contributed by atoms with van der Waals surface area (Å²) in [6.45, 7) is 4.39. The summed E-state index contributed by atoms with van der Waals surface area (Å²) in [5.41, 5.74) is 21.7. The van der Waals surface area contributed by atoms with Crippen LogP contribution in [0.15, 0.2) is 85.2 Å². The number of aldehydes is 1. The minimum absolute atomic E-state index is 0.0528. The molecule has 15 atom stereocenters. The van der Waals surface area contributed by atoms with Gasteiger partial charge in [-0.15, -0.1) is 0 Å². The second-order valence-corrected chi connectivity index (χ2v) is 35.6. The van der Waals surface area contributed by atoms with Gasteiger partial charge in [0.05, 0.1) is 38.1 Å². The predicted octanol–water partition coefficient (Wildman–Crippen LogP) is -4.30. The lowest BCUT2D eigenvalue weighted by Gasteiger charge is -2.39. The summed E-state index contributed by atoms with van der Waals surface area (Å²) in [6.07, 6.45) is -4.87. The van der Waals surface area contributed by atoms with Crippen LogP contribution in [0.5, 0.6) is 0 Å². The van der Waals surface area contributed by atoms with Gasteiger partial charge in [0.25, 0.3) is 0 Å². The van der Waals surface area contributed by atoms with Crippen molar-refractivity contribution in [1.82, 2.24) is 92.5 Å². The number of carboxylic acid groups (broad SMARTS) is 2. The Balaban J connectivity index is 1.26. The zero-order chi connectivity index (χ0) is 103. The number of halogens is 1. The number of nitrogens with two attached hydrogens (primary N) is 4. The van der Waals surface area contributed by atoms with Crippen molar-refractivity contribution in [2.75, 3.05) is 53.9 Å². The van der Waals surface area contributed by atoms with E-state index < -0.39 is 311 Å². The maximum absolute atomic E-state index is 16.0. The molecule has 756 valence electrons. The second kappa shape index (κ2) is 51.2. The second-order valence-electron chi connectivity index (χ2n) is 35.6. The minimum Gasteiger partial charge on any atom is -0.481 e. The van der Waals surface area contributed by atoms with Crippen LogP contribution >= 0.6 is 0 Å². The molecule has 0 spiro atoms. The molecular weight excluding hydrogens is 1820 g/mol. The predicted molar refractivity (Wildman–Crippen MR) is 495 cm³/mol. The number of aliphatic hydroxyl groups excluding tert-OH is 1. The maximum atomic E-state index is 16.0. The van der Waals surface area contributed by atoms with Crippen LogP contribution < -0.4 is 81.4 Å². The number of hydrogen-bond acceptors (Lipinski definition) is 24. The van der Waals surface area contributed by atoms with Crippen LogP contribution in [-0.2, 0) is 126 Å². The Labute approximate surface area is 799 Å². The Kier molecular flexibility index (Phi) is 40.5. The minimum atomic E-state index is -2.57. The quantitative estimate of drug-likeness (QED) is 0.0193. The molecule has 2 aromatic heterocycles. The zero-order valence-corrected chi connectivity index (χ0v) is 78.8. The van der Waals surface area contributed by atoms with Crippen LogP contribution in [0, 0.1) is 11.7 Å². The average Bonchev–Trinajstić information content (AvgIpc) is 1.62. The van der Waals surface area contributed by atoms with Crippen molar-refractivity contribution in [1.29, 1.82) is 0 Å². The summed E-state index contributed by atoms with van der Waals surface area (Å²) < 4.78 is 15.8. The van der Waals surface area contributed by atoms with E-state index in [4.69, 9.17) is 22.9 Å². The summed E-state index contributed by atoms with van der Waals surface area (Å²) in [6, 6.07) is -4.86. The molecule has 0 saturated carbocycles. The van der Waals surface area contributed by atoms with E-state index in [1.165, 1.54) is 50.1 Å². The molecule has 0 aliphatic carbocycles. The first-order valence-electron chi connectivity index (χ1n) is 46.0. The third-order valence-electron chi connectivity index (χ3n) is 24.6. The van der Waals surface area contributed by atoms with Crippen LogP contribution in [0.2, 0.25) is 0 Å². The molecule has 3 aliphatic heterocycles. The molecule has 2 unspecified atom stereocenters. The monoisotopic (exact) mass is 1940 g/mol. The SMILES string of the molecule is CCCC[C@H]1C(=O)N(C)[C@@H](CCCC)C(=O)N[C@@H](CC(C)C)C(=O)N[C@H](C(=O)NCC(N)=O)CNCC(=O)N[C@@H](Cc2ccc(F)cc2)C(=O)N(C)[C@@H](C)C(=O)N[C@@H](CC(N)=O)C(=O)N2CCC[C@H]2C(=O)N[C@@H](CCC(N)=O)C(=O)NC(CCC(=O)O)C(=O)N2C[C@H](O)CC2(C=O)N[C@@H](Cc2c[nH]c3ccccc23)C(=O)N[C@@H](CC(N)=O)C(=O)N[C@@H](Cc2cn(CC(=O)O)c3ccccc23)C(=O)N1C. The number of benzene rings is 3. The van der Waals surface area contributed by atoms with Gasteiger partial charge in [-0.1, -0.05) is 102 Å². The number of para-hydroxylation sites is 2. The lowest BCUT2D eigenvalue weighted by atomic mass is 9.98. The van der Waals surface area contributed by atoms with Crippen molar-refractivity contribution in [2.24, 2.45) is 28.9 Å². The summed E-state index contributed by atoms with van der Waals surface area (Å²) in [5.74, 6) is -23.6. The molecule has 3 aliphatic rings. The van der Waals surface area contributed by atoms with Crippen LogP contribution in [0.25, 0.3) is 21.8 Å². The Morgan fingerprint density at radius 2 is 1.12 bits per heavy atom. The molecule has 0 radical (unpaired) electrons. The van der Waals surface area contributed by atoms with Gasteiger partial charge < -0.3 is 125 Å². The van der Waals surface area contributed by atoms with Crippen LogP contribution in [0.3, 0.4) is 0 Å². The van der Waals surface area contributed by atoms with Gasteiger partial charge in [0.15, 0.2) is 11.9 Å². The van der Waals surface area contributed by atoms with Crippen LogP contribution in [0.4, 0.5) is 4.39 Å². The number of aromatic nitrogens is 2. The summed E-state index contributed by atoms with van der Waals surface area (Å²) in [5, 5.41) is 61.1. The molecule has 3 fully saturated rings. The average molecular weight is 1940 g/mol. The van der Waals surface area contributed by atoms with Crippen molar-refractivity contribution < 1.29 is 120 Å². The van der Waals surface area contributed by atoms with Gasteiger partial charge in [0, 0.05) is 107 Å². The Morgan fingerprint density at radius 3 is 1.76 bits per heavy atom. The number of aliphatic carboxylic acids is 2. The van der Waals surface area contributed by atoms with E-state index in [0.29, 0.717) is 45.1 Å². The van der Waals surface area contributed by atoms with E-state index in [-0.39, 0.29) is 75.3 Å². The molecule has 18 amide bonds. The molecule has 23 N–H and O–H groups in total. The number of primary amides is 4. The number of carboxylic acids is 2. The van der Waals surface area contributed by atoms with Gasteiger partial charge in [-0.2, -0.15) is 0 Å². The van der Waals surface area contributed by atoms with E-state index in [1.54, 1.807) is 76.2 Å². The van der Waals surface area contributed by atoms with E-state index in [1.807, 2.05) is 0 Å². The van der Waals surface area contributed by atoms with Crippen molar-refractivity contribution >= 4 is 146 Å². The number of H-pyrrole nitrogens is 1. The Hall–Kier alpha value is -14.4. The van der Waals surface area contributed by atoms with Gasteiger partial charge in [-0.25, -0.2) is 4.39 Å². The molecule has 5 heterocycles. The number of aliphatic hydroxyl groups is 1. The first-order valence-corrected chi connectivity index (χ1v) is 46.0. The molecule has 139 heavy (non-hydrogen) atoms. The van der Waals surface area contributed by atoms with E-state index >= 15 is 28.8 Å². The molecule has 0 bridgehead atoms. The first kappa shape index (κ1) is 110. The zero-order valence-electron chi connectivity index (χ0n) is 78.8. The van der Waals surface area contributed by atoms with E-state index in [2.05, 4.69) is 63.5 Å². The van der Waals surface area contributed by atoms with Gasteiger partial charge in [0.2, 0.25) is 106 Å². The number of nitrogens with one attached hydrogen (secondary N) is 12. The molecule has 8 rings (SSSR count). The van der Waals surface area contributed by atoms with Crippen LogP contribution in [-0.4, -0.2) is 318 Å². The van der Waals surface area contributed by atoms with E-state index in [0.717, 1.165) is 38.8 Å². The highest BCUT2D eigenvalue weighted by Crippen LogP contribution is 2.32. The van der Waals surface area contributed by atoms with Crippen LogP contribution in [0.1, 0.15) is 154 Å². The Bertz CT molecular complexity index is 5360. The third-order valence-corrected chi connectivity index (χ3v) is 24.6. The standard InChI is InChI=1S/C92H127FN22O24/c1-9-11-21-69-85(133)105-61(34-49(3)4)82(130)108-67(80(128)100-43-75(97)121)42-98-44-76(122)101-64(35-51-25-27-54(93)28-26-51)87(135)110(6)50(5)79(127)106-66(39-74(96)120)89(137)114-33-17-24-70(114)86(134)102-59(29-31-72(94)118)81(129)103-60(30-32-77(123)124)90(138)115-46-55(117)40-92(115,48-116)109-63(36-52-41-99-58-20-15-13-18-56(52)58)84(132)104-62(38-73(95)119)83(131)107-65(88(136)112(8)71(22-12-10-2)91(139)111(69)7)37-53-45-113(47-78(125)126)68-23-16-14-19-57(53)68/h13-16,18-20,23,25-28,41,45,48-50,55,59-67,69-71,98-99,109,117H,9-12,17,21-22,24,29-40,42-44,46-47H2,1-8H3,(H2,94,118)(H2,95,119)(H2,96,120)(H2,97,121)(H,100,128)(H,101,122)(H,102,134)(H,103,129)(H,104,132)(H,105,133)(H,106,127)(H,107,131)(H,108,130)(H,123,124)(H,125,126)/t50-,55+,59-,60?,61-,62-,63-,64-,65-,66-,67-,69-,70-,71-,92?/m0/s1. The first-order chi connectivity index (χ1) is 65.8. The fourth-order valence-corrected chi connectivity index (χ4v) is 17.2. The van der Waals surface area contributed by atoms with Gasteiger partial charge in [-0.3, -0.25) is 106 Å². The number of nitrogens with zero attached hydrogens (tertiary/aromatic N) is 6. The summed E-state index contributed by atoms with van der Waals surface area (Å²) in [7, 11) is 3.68. The normalized spacial score (nSPS) is 24.8. The summed E-state index contributed by atoms with van der Waals surface area (Å²) in [4.78, 5) is 309. The van der Waals surface area contributed by atoms with Crippen molar-refractivity contribution in [2.45, 2.75) is 253 Å². The van der Waals surface area contributed by atoms with Gasteiger partial charge in [0.1, 0.15) is 84.9 Å². The third kappa shape index (κ3) is 30.6. The highest BCUT2D eigenvalue weighted by Gasteiger charge is 2.53. The van der Waals surface area contributed by atoms with Crippen molar-refractivity contribution in [3.63, 3.8) is 0 Å². The number of amides is 18. The maximum Gasteiger partial charge on any atom is 0.323 e. The van der Waals surface area contributed by atoms with E-state index in [9.17, 15) is 91.6 Å². The summed E-state index contributed by atoms with van der Waals surface area (Å²) >= 11 is 0. The van der Waals surface area contributed by atoms with Gasteiger partial charge in [-0.05, 0) is 105 Å². The van der Waals surface area contributed by atoms with Crippen molar-refractivity contribution in [3.05, 3.63) is 108 Å². The van der Waals surface area contributed by atoms with Gasteiger partial charge >= 0.3 is 11.9 Å². The number of fused-ring (bicyclic) bond motifs is 4. The number of unbranched alkanes of at least 4 members (excludes halogenated alkanes) is 2. The fraction of sp³-hybridized carbons (Fsp3) is 0.533. The number of likely N-dealkylation sites (N-methyl/N-ethyl adjacent to an activating group) is 3. The largest absolute Gasteiger partial charge is 0.481 e. The number of aromatic amines is 1. The molecule has 5 aromatic rings. The molecular formula is C92H127FN22O24. The molecule has 47 heteroatoms. The molecule has 3 aromatic carbocycles. The smallest absolute Gasteiger partial charge is 0.323 e. The number of carbonyl (C=O) groups excluding carboxylic acids is 19. The fourth-order valence-electron chi connectivity index (χ4n) is 17.2. The van der Waals surface area contributed by atoms with Crippen molar-refractivity contribution in [3.8, 4) is 0 Å². The highest BCUT2D eigenvalue weighted by molar-refractivity contribution is 6.03. The lowest BCUT2D eigenvalue weighted by molar-refractivity contribution is -0.149.